The number of aromatic nitrogens is 1. The number of nitro groups is 1. The van der Waals surface area contributed by atoms with Crippen molar-refractivity contribution in [2.45, 2.75) is 63.9 Å². The van der Waals surface area contributed by atoms with Crippen molar-refractivity contribution in [3.63, 3.8) is 0 Å². The molecule has 3 rings (SSSR count). The van der Waals surface area contributed by atoms with Crippen LogP contribution in [0.1, 0.15) is 33.6 Å². The minimum Gasteiger partial charge on any atom is -0.465 e. The van der Waals surface area contributed by atoms with Gasteiger partial charge in [-0.25, -0.2) is 4.79 Å². The van der Waals surface area contributed by atoms with Gasteiger partial charge in [0.1, 0.15) is 11.9 Å². The van der Waals surface area contributed by atoms with Gasteiger partial charge in [-0.15, -0.1) is 0 Å². The number of pyridine rings is 1. The van der Waals surface area contributed by atoms with E-state index in [9.17, 15) is 20.0 Å². The minimum atomic E-state index is -2.14. The van der Waals surface area contributed by atoms with Crippen LogP contribution in [0.15, 0.2) is 18.5 Å². The molecule has 1 aromatic heterocycles. The monoisotopic (exact) mass is 436 g/mol. The lowest BCUT2D eigenvalue weighted by atomic mass is 9.86. The molecule has 2 aliphatic rings. The SMILES string of the molecule is CC(C)(C)[Si](C)(C)O[C@@H]1[C@@H](C2CC2)CN(c2ccncc2[N+](=O)[O-])C[C@H]1NC(=O)O. The predicted octanol–water partition coefficient (Wildman–Crippen LogP) is 3.86. The first-order valence-corrected chi connectivity index (χ1v) is 13.3. The lowest BCUT2D eigenvalue weighted by Crippen LogP contribution is -2.63. The molecule has 0 bridgehead atoms. The Labute approximate surface area is 178 Å². The maximum Gasteiger partial charge on any atom is 0.405 e. The summed E-state index contributed by atoms with van der Waals surface area (Å²) < 4.78 is 6.77. The lowest BCUT2D eigenvalue weighted by Gasteiger charge is -2.49. The Balaban J connectivity index is 1.95. The summed E-state index contributed by atoms with van der Waals surface area (Å²) >= 11 is 0. The number of hydrogen-bond acceptors (Lipinski definition) is 6. The molecule has 2 fully saturated rings. The van der Waals surface area contributed by atoms with Crippen molar-refractivity contribution in [2.24, 2.45) is 11.8 Å². The number of carboxylic acid groups (broad SMARTS) is 1. The molecular weight excluding hydrogens is 404 g/mol. The van der Waals surface area contributed by atoms with Crippen LogP contribution in [-0.4, -0.2) is 54.7 Å². The second-order valence-electron chi connectivity index (χ2n) is 9.93. The molecule has 2 heterocycles. The molecule has 30 heavy (non-hydrogen) atoms. The van der Waals surface area contributed by atoms with Crippen molar-refractivity contribution in [2.75, 3.05) is 18.0 Å². The van der Waals surface area contributed by atoms with Crippen LogP contribution in [0.25, 0.3) is 0 Å². The molecule has 1 saturated carbocycles. The smallest absolute Gasteiger partial charge is 0.405 e. The molecule has 0 unspecified atom stereocenters. The third-order valence-corrected chi connectivity index (χ3v) is 11.2. The Hall–Kier alpha value is -2.20. The summed E-state index contributed by atoms with van der Waals surface area (Å²) in [6.07, 6.45) is 3.59. The van der Waals surface area contributed by atoms with Gasteiger partial charge < -0.3 is 19.7 Å². The first kappa shape index (κ1) is 22.5. The van der Waals surface area contributed by atoms with Gasteiger partial charge in [0.25, 0.3) is 0 Å². The fourth-order valence-electron chi connectivity index (χ4n) is 3.97. The average molecular weight is 437 g/mol. The topological polar surface area (TPSA) is 118 Å². The standard InChI is InChI=1S/C20H32N4O5Si/c1-20(2,3)30(4,5)29-18-14(13-6-7-13)11-23(12-15(18)22-19(25)26)16-8-9-21-10-17(16)24(27)28/h8-10,13-15,18,22H,6-7,11-12H2,1-5H3,(H,25,26)/t14-,15-,18-/m1/s1. The van der Waals surface area contributed by atoms with E-state index in [1.807, 2.05) is 4.90 Å². The van der Waals surface area contributed by atoms with E-state index in [1.54, 1.807) is 6.07 Å². The van der Waals surface area contributed by atoms with Crippen molar-refractivity contribution in [1.29, 1.82) is 0 Å². The van der Waals surface area contributed by atoms with E-state index < -0.39 is 25.4 Å². The maximum absolute atomic E-state index is 11.6. The van der Waals surface area contributed by atoms with Crippen molar-refractivity contribution < 1.29 is 19.3 Å². The largest absolute Gasteiger partial charge is 0.465 e. The normalized spacial score (nSPS) is 25.1. The molecule has 1 aliphatic heterocycles. The van der Waals surface area contributed by atoms with E-state index in [0.29, 0.717) is 24.7 Å². The van der Waals surface area contributed by atoms with Gasteiger partial charge in [0, 0.05) is 25.2 Å². The third-order valence-electron chi connectivity index (χ3n) is 6.76. The summed E-state index contributed by atoms with van der Waals surface area (Å²) in [4.78, 5) is 28.5. The molecule has 10 heteroatoms. The quantitative estimate of drug-likeness (QED) is 0.395. The molecule has 2 N–H and O–H groups in total. The minimum absolute atomic E-state index is 0.00407. The first-order valence-electron chi connectivity index (χ1n) is 10.4. The van der Waals surface area contributed by atoms with Crippen molar-refractivity contribution in [1.82, 2.24) is 10.3 Å². The summed E-state index contributed by atoms with van der Waals surface area (Å²) in [5.41, 5.74) is 0.411. The Morgan fingerprint density at radius 2 is 2.03 bits per heavy atom. The van der Waals surface area contributed by atoms with Crippen LogP contribution in [-0.2, 0) is 4.43 Å². The Morgan fingerprint density at radius 3 is 2.57 bits per heavy atom. The second-order valence-corrected chi connectivity index (χ2v) is 14.7. The lowest BCUT2D eigenvalue weighted by molar-refractivity contribution is -0.384. The number of nitrogens with one attached hydrogen (secondary N) is 1. The van der Waals surface area contributed by atoms with Gasteiger partial charge in [0.05, 0.1) is 17.1 Å². The Kier molecular flexibility index (Phi) is 6.10. The molecule has 1 aliphatic carbocycles. The highest BCUT2D eigenvalue weighted by molar-refractivity contribution is 6.74. The van der Waals surface area contributed by atoms with Crippen LogP contribution in [0.3, 0.4) is 0 Å². The first-order chi connectivity index (χ1) is 13.9. The van der Waals surface area contributed by atoms with Crippen LogP contribution < -0.4 is 10.2 Å². The van der Waals surface area contributed by atoms with Gasteiger partial charge in [0.15, 0.2) is 8.32 Å². The van der Waals surface area contributed by atoms with E-state index in [0.717, 1.165) is 12.8 Å². The number of rotatable bonds is 6. The van der Waals surface area contributed by atoms with Gasteiger partial charge in [0.2, 0.25) is 0 Å². The zero-order valence-electron chi connectivity index (χ0n) is 18.3. The van der Waals surface area contributed by atoms with E-state index in [4.69, 9.17) is 4.43 Å². The Morgan fingerprint density at radius 1 is 1.37 bits per heavy atom. The third kappa shape index (κ3) is 4.75. The highest BCUT2D eigenvalue weighted by Gasteiger charge is 2.50. The predicted molar refractivity (Wildman–Crippen MR) is 116 cm³/mol. The highest BCUT2D eigenvalue weighted by Crippen LogP contribution is 2.46. The summed E-state index contributed by atoms with van der Waals surface area (Å²) in [5, 5.41) is 23.7. The molecule has 3 atom stereocenters. The van der Waals surface area contributed by atoms with Crippen LogP contribution in [0.2, 0.25) is 18.1 Å². The van der Waals surface area contributed by atoms with E-state index in [2.05, 4.69) is 44.2 Å². The van der Waals surface area contributed by atoms with Gasteiger partial charge in [-0.05, 0) is 43.0 Å². The van der Waals surface area contributed by atoms with Crippen LogP contribution in [0, 0.1) is 22.0 Å². The van der Waals surface area contributed by atoms with Gasteiger partial charge in [-0.3, -0.25) is 15.1 Å². The maximum atomic E-state index is 11.6. The summed E-state index contributed by atoms with van der Waals surface area (Å²) in [5.74, 6) is 0.555. The van der Waals surface area contributed by atoms with E-state index in [-0.39, 0.29) is 22.7 Å². The van der Waals surface area contributed by atoms with Crippen molar-refractivity contribution >= 4 is 25.8 Å². The van der Waals surface area contributed by atoms with Gasteiger partial charge in [-0.1, -0.05) is 20.8 Å². The van der Waals surface area contributed by atoms with Crippen molar-refractivity contribution in [3.8, 4) is 0 Å². The van der Waals surface area contributed by atoms with Gasteiger partial charge >= 0.3 is 11.8 Å². The zero-order valence-corrected chi connectivity index (χ0v) is 19.3. The Bertz CT molecular complexity index is 809. The van der Waals surface area contributed by atoms with Crippen LogP contribution in [0.5, 0.6) is 0 Å². The van der Waals surface area contributed by atoms with Gasteiger partial charge in [-0.2, -0.15) is 0 Å². The molecule has 0 spiro atoms. The number of nitrogens with zero attached hydrogens (tertiary/aromatic N) is 3. The molecule has 1 saturated heterocycles. The highest BCUT2D eigenvalue weighted by atomic mass is 28.4. The molecule has 1 aromatic rings. The van der Waals surface area contributed by atoms with E-state index >= 15 is 0 Å². The number of amides is 1. The molecule has 166 valence electrons. The number of anilines is 1. The van der Waals surface area contributed by atoms with E-state index in [1.165, 1.54) is 12.4 Å². The molecule has 1 amide bonds. The second kappa shape index (κ2) is 8.14. The van der Waals surface area contributed by atoms with Crippen LogP contribution in [0.4, 0.5) is 16.2 Å². The number of hydrogen-bond donors (Lipinski definition) is 2. The number of carbonyl (C=O) groups is 1. The van der Waals surface area contributed by atoms with Crippen molar-refractivity contribution in [3.05, 3.63) is 28.6 Å². The molecule has 9 nitrogen and oxygen atoms in total. The molecule has 0 aromatic carbocycles. The summed E-state index contributed by atoms with van der Waals surface area (Å²) in [7, 11) is -2.14. The summed E-state index contributed by atoms with van der Waals surface area (Å²) in [6, 6.07) is 1.17. The molecule has 0 radical (unpaired) electrons. The fourth-order valence-corrected chi connectivity index (χ4v) is 5.34. The fraction of sp³-hybridized carbons (Fsp3) is 0.700. The summed E-state index contributed by atoms with van der Waals surface area (Å²) in [6.45, 7) is 11.8. The molecular formula is C20H32N4O5Si. The number of piperidine rings is 1. The average Bonchev–Trinajstić information content (AvgIpc) is 3.46. The zero-order chi connectivity index (χ0) is 22.3. The van der Waals surface area contributed by atoms with Crippen LogP contribution >= 0.6 is 0 Å².